The van der Waals surface area contributed by atoms with Gasteiger partial charge in [-0.3, -0.25) is 4.98 Å². The number of aromatic nitrogens is 3. The van der Waals surface area contributed by atoms with Gasteiger partial charge in [-0.1, -0.05) is 18.2 Å². The third-order valence-electron chi connectivity index (χ3n) is 2.96. The van der Waals surface area contributed by atoms with Gasteiger partial charge in [-0.15, -0.1) is 0 Å². The molecule has 0 saturated heterocycles. The van der Waals surface area contributed by atoms with E-state index in [2.05, 4.69) is 21.0 Å². The molecule has 0 bridgehead atoms. The number of aryl methyl sites for hydroxylation is 1. The third-order valence-corrected chi connectivity index (χ3v) is 2.96. The highest BCUT2D eigenvalue weighted by Gasteiger charge is 2.09. The third kappa shape index (κ3) is 2.12. The van der Waals surface area contributed by atoms with E-state index in [-0.39, 0.29) is 0 Å². The highest BCUT2D eigenvalue weighted by Crippen LogP contribution is 2.28. The molecule has 0 spiro atoms. The van der Waals surface area contributed by atoms with E-state index in [0.717, 1.165) is 22.2 Å². The number of para-hydroxylation sites is 1. The van der Waals surface area contributed by atoms with Crippen molar-refractivity contribution in [3.05, 3.63) is 48.5 Å². The lowest BCUT2D eigenvalue weighted by Gasteiger charge is -2.08. The van der Waals surface area contributed by atoms with Crippen LogP contribution >= 0.6 is 0 Å². The quantitative estimate of drug-likeness (QED) is 0.702. The van der Waals surface area contributed by atoms with Gasteiger partial charge in [-0.05, 0) is 19.1 Å². The number of rotatable bonds is 2. The summed E-state index contributed by atoms with van der Waals surface area (Å²) < 4.78 is 5.31. The first-order valence-corrected chi connectivity index (χ1v) is 6.01. The molecule has 4 nitrogen and oxygen atoms in total. The Bertz CT molecular complexity index is 740. The Morgan fingerprint density at radius 2 is 1.89 bits per heavy atom. The predicted octanol–water partition coefficient (Wildman–Crippen LogP) is 3.01. The van der Waals surface area contributed by atoms with Crippen LogP contribution in [0.1, 0.15) is 5.82 Å². The minimum Gasteiger partial charge on any atom is -0.493 e. The molecule has 0 saturated carbocycles. The summed E-state index contributed by atoms with van der Waals surface area (Å²) in [6, 6.07) is 10.1. The largest absolute Gasteiger partial charge is 0.493 e. The Hall–Kier alpha value is -2.49. The van der Waals surface area contributed by atoms with Crippen molar-refractivity contribution in [1.82, 2.24) is 15.0 Å². The van der Waals surface area contributed by atoms with Crippen molar-refractivity contribution in [3.8, 4) is 17.0 Å². The summed E-state index contributed by atoms with van der Waals surface area (Å²) >= 11 is 0. The Balaban J connectivity index is 2.21. The molecule has 19 heavy (non-hydrogen) atoms. The lowest BCUT2D eigenvalue weighted by Crippen LogP contribution is -1.96. The topological polar surface area (TPSA) is 47.9 Å². The van der Waals surface area contributed by atoms with Crippen LogP contribution in [0.4, 0.5) is 0 Å². The highest BCUT2D eigenvalue weighted by atomic mass is 16.5. The molecule has 2 heterocycles. The number of pyridine rings is 1. The maximum absolute atomic E-state index is 5.31. The monoisotopic (exact) mass is 251 g/mol. The van der Waals surface area contributed by atoms with Crippen LogP contribution in [0.3, 0.4) is 0 Å². The Morgan fingerprint density at radius 1 is 1.05 bits per heavy atom. The molecule has 0 fully saturated rings. The zero-order valence-corrected chi connectivity index (χ0v) is 10.8. The van der Waals surface area contributed by atoms with Gasteiger partial charge in [-0.25, -0.2) is 9.97 Å². The van der Waals surface area contributed by atoms with Gasteiger partial charge in [0.05, 0.1) is 18.8 Å². The molecule has 0 N–H and O–H groups in total. The van der Waals surface area contributed by atoms with E-state index in [4.69, 9.17) is 4.74 Å². The molecule has 1 aromatic carbocycles. The average molecular weight is 251 g/mol. The molecule has 0 aliphatic carbocycles. The van der Waals surface area contributed by atoms with Gasteiger partial charge in [0.15, 0.2) is 5.75 Å². The van der Waals surface area contributed by atoms with E-state index in [1.807, 2.05) is 37.4 Å². The van der Waals surface area contributed by atoms with Crippen LogP contribution in [-0.2, 0) is 0 Å². The maximum Gasteiger partial charge on any atom is 0.163 e. The highest BCUT2D eigenvalue weighted by molar-refractivity contribution is 5.83. The maximum atomic E-state index is 5.31. The number of hydrogen-bond acceptors (Lipinski definition) is 4. The SMILES string of the molecule is COc1cnc(C)nc1-c1cnc2ccccc2c1. The summed E-state index contributed by atoms with van der Waals surface area (Å²) in [5.41, 5.74) is 2.67. The first-order valence-electron chi connectivity index (χ1n) is 6.01. The van der Waals surface area contributed by atoms with Crippen molar-refractivity contribution in [2.45, 2.75) is 6.92 Å². The summed E-state index contributed by atoms with van der Waals surface area (Å²) in [4.78, 5) is 13.0. The zero-order chi connectivity index (χ0) is 13.2. The minimum absolute atomic E-state index is 0.655. The van der Waals surface area contributed by atoms with E-state index >= 15 is 0 Å². The molecule has 94 valence electrons. The van der Waals surface area contributed by atoms with Gasteiger partial charge in [0.2, 0.25) is 0 Å². The van der Waals surface area contributed by atoms with Gasteiger partial charge < -0.3 is 4.74 Å². The van der Waals surface area contributed by atoms with E-state index in [1.165, 1.54) is 0 Å². The number of benzene rings is 1. The fourth-order valence-electron chi connectivity index (χ4n) is 2.02. The molecule has 0 radical (unpaired) electrons. The summed E-state index contributed by atoms with van der Waals surface area (Å²) in [6.45, 7) is 1.86. The molecule has 0 atom stereocenters. The van der Waals surface area contributed by atoms with Gasteiger partial charge in [0.25, 0.3) is 0 Å². The average Bonchev–Trinajstić information content (AvgIpc) is 2.46. The molecule has 0 unspecified atom stereocenters. The lowest BCUT2D eigenvalue weighted by molar-refractivity contribution is 0.412. The standard InChI is InChI=1S/C15H13N3O/c1-10-16-9-14(19-2)15(18-10)12-7-11-5-3-4-6-13(11)17-8-12/h3-9H,1-2H3. The Kier molecular flexibility index (Phi) is 2.83. The summed E-state index contributed by atoms with van der Waals surface area (Å²) in [6.07, 6.45) is 3.50. The summed E-state index contributed by atoms with van der Waals surface area (Å²) in [5, 5.41) is 1.08. The van der Waals surface area contributed by atoms with Crippen LogP contribution < -0.4 is 4.74 Å². The van der Waals surface area contributed by atoms with Crippen LogP contribution in [0.5, 0.6) is 5.75 Å². The molecule has 3 rings (SSSR count). The molecular formula is C15H13N3O. The second-order valence-electron chi connectivity index (χ2n) is 4.25. The number of ether oxygens (including phenoxy) is 1. The Morgan fingerprint density at radius 3 is 2.74 bits per heavy atom. The predicted molar refractivity (Wildman–Crippen MR) is 74.1 cm³/mol. The van der Waals surface area contributed by atoms with E-state index in [1.54, 1.807) is 13.3 Å². The normalized spacial score (nSPS) is 10.6. The van der Waals surface area contributed by atoms with Crippen molar-refractivity contribution in [2.75, 3.05) is 7.11 Å². The van der Waals surface area contributed by atoms with Crippen LogP contribution in [0.2, 0.25) is 0 Å². The lowest BCUT2D eigenvalue weighted by atomic mass is 10.1. The summed E-state index contributed by atoms with van der Waals surface area (Å²) in [5.74, 6) is 1.37. The first-order chi connectivity index (χ1) is 9.28. The van der Waals surface area contributed by atoms with Crippen molar-refractivity contribution < 1.29 is 4.74 Å². The summed E-state index contributed by atoms with van der Waals surface area (Å²) in [7, 11) is 1.62. The first kappa shape index (κ1) is 11.6. The number of methoxy groups -OCH3 is 1. The minimum atomic E-state index is 0.655. The van der Waals surface area contributed by atoms with Crippen LogP contribution in [-0.4, -0.2) is 22.1 Å². The van der Waals surface area contributed by atoms with Gasteiger partial charge in [0, 0.05) is 17.1 Å². The van der Waals surface area contributed by atoms with Gasteiger partial charge >= 0.3 is 0 Å². The second-order valence-corrected chi connectivity index (χ2v) is 4.25. The number of fused-ring (bicyclic) bond motifs is 1. The van der Waals surface area contributed by atoms with Crippen LogP contribution in [0, 0.1) is 6.92 Å². The fraction of sp³-hybridized carbons (Fsp3) is 0.133. The smallest absolute Gasteiger partial charge is 0.163 e. The van der Waals surface area contributed by atoms with E-state index in [0.29, 0.717) is 11.6 Å². The van der Waals surface area contributed by atoms with E-state index < -0.39 is 0 Å². The molecule has 0 aliphatic heterocycles. The van der Waals surface area contributed by atoms with Crippen LogP contribution in [0.15, 0.2) is 42.7 Å². The molecule has 3 aromatic rings. The fourth-order valence-corrected chi connectivity index (χ4v) is 2.02. The van der Waals surface area contributed by atoms with Crippen molar-refractivity contribution >= 4 is 10.9 Å². The van der Waals surface area contributed by atoms with Gasteiger partial charge in [0.1, 0.15) is 11.5 Å². The number of nitrogens with zero attached hydrogens (tertiary/aromatic N) is 3. The molecule has 0 aliphatic rings. The van der Waals surface area contributed by atoms with Crippen molar-refractivity contribution in [3.63, 3.8) is 0 Å². The molecule has 0 amide bonds. The second kappa shape index (κ2) is 4.65. The van der Waals surface area contributed by atoms with Crippen molar-refractivity contribution in [2.24, 2.45) is 0 Å². The van der Waals surface area contributed by atoms with Gasteiger partial charge in [-0.2, -0.15) is 0 Å². The molecule has 4 heteroatoms. The van der Waals surface area contributed by atoms with Crippen LogP contribution in [0.25, 0.3) is 22.2 Å². The number of hydrogen-bond donors (Lipinski definition) is 0. The molecule has 2 aromatic heterocycles. The molecular weight excluding hydrogens is 238 g/mol. The zero-order valence-electron chi connectivity index (χ0n) is 10.8. The van der Waals surface area contributed by atoms with E-state index in [9.17, 15) is 0 Å². The Labute approximate surface area is 111 Å². The van der Waals surface area contributed by atoms with Crippen molar-refractivity contribution in [1.29, 1.82) is 0 Å².